The van der Waals surface area contributed by atoms with E-state index in [-0.39, 0.29) is 23.4 Å². The van der Waals surface area contributed by atoms with Crippen LogP contribution in [0.5, 0.6) is 11.5 Å². The number of piperidine rings is 1. The molecule has 11 heteroatoms. The Bertz CT molecular complexity index is 1720. The second-order valence-electron chi connectivity index (χ2n) is 10.6. The lowest BCUT2D eigenvalue weighted by atomic mass is 9.69. The van der Waals surface area contributed by atoms with Crippen molar-refractivity contribution in [2.45, 2.75) is 37.4 Å². The molecule has 6 rings (SSSR count). The monoisotopic (exact) mass is 577 g/mol. The first-order chi connectivity index (χ1) is 19.6. The number of rotatable bonds is 5. The van der Waals surface area contributed by atoms with Crippen LogP contribution < -0.4 is 32.6 Å². The Morgan fingerprint density at radius 2 is 1.93 bits per heavy atom. The summed E-state index contributed by atoms with van der Waals surface area (Å²) in [6, 6.07) is 10.1. The van der Waals surface area contributed by atoms with Crippen LogP contribution in [0.15, 0.2) is 48.5 Å². The minimum absolute atomic E-state index is 0.0265. The SMILES string of the molecule is Cc1cc(Oc2ccc(F)cc2F)ccc1C1(N)C(=O)C(N)c2c(C(=O)NC3CCCNC3)sc3c(N)ccc1c23. The molecular weight excluding hydrogens is 548 g/mol. The molecule has 212 valence electrons. The summed E-state index contributed by atoms with van der Waals surface area (Å²) in [5, 5.41) is 6.97. The highest BCUT2D eigenvalue weighted by molar-refractivity contribution is 7.21. The van der Waals surface area contributed by atoms with Gasteiger partial charge in [0.2, 0.25) is 0 Å². The summed E-state index contributed by atoms with van der Waals surface area (Å²) in [5.41, 5.74) is 20.8. The van der Waals surface area contributed by atoms with Crippen LogP contribution in [0.25, 0.3) is 10.1 Å². The van der Waals surface area contributed by atoms with Crippen molar-refractivity contribution in [1.29, 1.82) is 0 Å². The van der Waals surface area contributed by atoms with Gasteiger partial charge in [0.1, 0.15) is 17.1 Å². The topological polar surface area (TPSA) is 145 Å². The summed E-state index contributed by atoms with van der Waals surface area (Å²) in [5.74, 6) is -2.18. The van der Waals surface area contributed by atoms with Crippen molar-refractivity contribution in [1.82, 2.24) is 10.6 Å². The smallest absolute Gasteiger partial charge is 0.262 e. The Kier molecular flexibility index (Phi) is 6.77. The van der Waals surface area contributed by atoms with E-state index < -0.39 is 29.0 Å². The van der Waals surface area contributed by atoms with Gasteiger partial charge in [-0.3, -0.25) is 9.59 Å². The summed E-state index contributed by atoms with van der Waals surface area (Å²) in [6.07, 6.45) is 1.81. The van der Waals surface area contributed by atoms with Gasteiger partial charge in [0.15, 0.2) is 17.3 Å². The van der Waals surface area contributed by atoms with E-state index in [0.29, 0.717) is 49.4 Å². The molecule has 4 aromatic rings. The maximum Gasteiger partial charge on any atom is 0.262 e. The predicted octanol–water partition coefficient (Wildman–Crippen LogP) is 4.13. The van der Waals surface area contributed by atoms with Gasteiger partial charge in [0.05, 0.1) is 15.6 Å². The summed E-state index contributed by atoms with van der Waals surface area (Å²) in [7, 11) is 0. The minimum Gasteiger partial charge on any atom is -0.454 e. The zero-order valence-electron chi connectivity index (χ0n) is 22.2. The van der Waals surface area contributed by atoms with Gasteiger partial charge in [-0.15, -0.1) is 11.3 Å². The third-order valence-electron chi connectivity index (χ3n) is 7.90. The van der Waals surface area contributed by atoms with Crippen LogP contribution in [0.2, 0.25) is 0 Å². The number of ether oxygens (including phenoxy) is 1. The fourth-order valence-corrected chi connectivity index (χ4v) is 7.08. The first kappa shape index (κ1) is 27.3. The normalized spacial score (nSPS) is 22.1. The van der Waals surface area contributed by atoms with E-state index in [4.69, 9.17) is 21.9 Å². The fraction of sp³-hybridized carbons (Fsp3) is 0.267. The van der Waals surface area contributed by atoms with E-state index in [9.17, 15) is 18.4 Å². The predicted molar refractivity (Wildman–Crippen MR) is 154 cm³/mol. The largest absolute Gasteiger partial charge is 0.454 e. The average molecular weight is 578 g/mol. The number of benzene rings is 3. The van der Waals surface area contributed by atoms with Crippen molar-refractivity contribution < 1.29 is 23.1 Å². The van der Waals surface area contributed by atoms with Crippen molar-refractivity contribution in [2.75, 3.05) is 18.8 Å². The first-order valence-corrected chi connectivity index (χ1v) is 14.1. The van der Waals surface area contributed by atoms with Crippen LogP contribution in [-0.2, 0) is 10.3 Å². The Morgan fingerprint density at radius 1 is 1.15 bits per heavy atom. The second kappa shape index (κ2) is 10.2. The van der Waals surface area contributed by atoms with Crippen molar-refractivity contribution >= 4 is 38.8 Å². The van der Waals surface area contributed by atoms with Crippen LogP contribution in [0.3, 0.4) is 0 Å². The summed E-state index contributed by atoms with van der Waals surface area (Å²) < 4.78 is 33.8. The molecule has 0 saturated carbocycles. The van der Waals surface area contributed by atoms with Gasteiger partial charge in [-0.1, -0.05) is 12.1 Å². The summed E-state index contributed by atoms with van der Waals surface area (Å²) in [4.78, 5) is 27.9. The Labute approximate surface area is 238 Å². The highest BCUT2D eigenvalue weighted by atomic mass is 32.1. The number of nitrogens with two attached hydrogens (primary N) is 3. The van der Waals surface area contributed by atoms with Gasteiger partial charge in [-0.25, -0.2) is 8.78 Å². The van der Waals surface area contributed by atoms with E-state index in [0.717, 1.165) is 31.5 Å². The standard InChI is InChI=1S/C30H29F2N5O3S/c1-14-11-17(40-22-9-4-15(31)12-20(22)32)5-6-18(14)30(35)19-7-8-21(33)26-23(19)24(25(34)28(30)38)27(41-26)29(39)37-16-3-2-10-36-13-16/h4-9,11-12,16,25,36H,2-3,10,13,33-35H2,1H3,(H,37,39). The lowest BCUT2D eigenvalue weighted by Gasteiger charge is -2.37. The number of carbonyl (C=O) groups excluding carboxylic acids is 2. The van der Waals surface area contributed by atoms with Crippen LogP contribution in [-0.4, -0.2) is 30.8 Å². The second-order valence-corrected chi connectivity index (χ2v) is 11.6. The van der Waals surface area contributed by atoms with Crippen molar-refractivity contribution in [3.8, 4) is 11.5 Å². The van der Waals surface area contributed by atoms with Crippen molar-refractivity contribution in [3.63, 3.8) is 0 Å². The third kappa shape index (κ3) is 4.45. The highest BCUT2D eigenvalue weighted by Gasteiger charge is 2.49. The number of halogens is 2. The number of hydrogen-bond acceptors (Lipinski definition) is 8. The lowest BCUT2D eigenvalue weighted by Crippen LogP contribution is -2.53. The number of anilines is 1. The Morgan fingerprint density at radius 3 is 2.63 bits per heavy atom. The summed E-state index contributed by atoms with van der Waals surface area (Å²) in [6.45, 7) is 3.34. The average Bonchev–Trinajstić information content (AvgIpc) is 3.35. The molecule has 0 spiro atoms. The molecule has 41 heavy (non-hydrogen) atoms. The van der Waals surface area contributed by atoms with E-state index in [1.165, 1.54) is 17.4 Å². The van der Waals surface area contributed by atoms with E-state index in [1.807, 2.05) is 0 Å². The van der Waals surface area contributed by atoms with Crippen molar-refractivity contribution in [3.05, 3.63) is 87.3 Å². The molecule has 3 aromatic carbocycles. The molecule has 8 nitrogen and oxygen atoms in total. The molecule has 1 aromatic heterocycles. The van der Waals surface area contributed by atoms with Crippen LogP contribution >= 0.6 is 11.3 Å². The highest BCUT2D eigenvalue weighted by Crippen LogP contribution is 2.50. The molecule has 3 unspecified atom stereocenters. The molecule has 8 N–H and O–H groups in total. The minimum atomic E-state index is -1.65. The number of aryl methyl sites for hydroxylation is 1. The van der Waals surface area contributed by atoms with Gasteiger partial charge in [0.25, 0.3) is 5.91 Å². The zero-order chi connectivity index (χ0) is 29.1. The quantitative estimate of drug-likeness (QED) is 0.224. The van der Waals surface area contributed by atoms with Crippen LogP contribution in [0.4, 0.5) is 14.5 Å². The zero-order valence-corrected chi connectivity index (χ0v) is 23.0. The molecule has 1 aliphatic heterocycles. The van der Waals surface area contributed by atoms with E-state index >= 15 is 0 Å². The number of ketones is 1. The molecule has 3 atom stereocenters. The number of carbonyl (C=O) groups is 2. The molecular formula is C30H29F2N5O3S. The van der Waals surface area contributed by atoms with Gasteiger partial charge in [-0.05, 0) is 73.3 Å². The molecule has 1 fully saturated rings. The number of hydrogen-bond donors (Lipinski definition) is 5. The van der Waals surface area contributed by atoms with E-state index in [2.05, 4.69) is 10.6 Å². The van der Waals surface area contributed by atoms with Gasteiger partial charge >= 0.3 is 0 Å². The first-order valence-electron chi connectivity index (χ1n) is 13.3. The molecule has 0 radical (unpaired) electrons. The van der Waals surface area contributed by atoms with Crippen LogP contribution in [0, 0.1) is 18.6 Å². The number of nitrogens with one attached hydrogen (secondary N) is 2. The van der Waals surface area contributed by atoms with Gasteiger partial charge in [-0.2, -0.15) is 0 Å². The van der Waals surface area contributed by atoms with Crippen molar-refractivity contribution in [2.24, 2.45) is 11.5 Å². The number of amides is 1. The summed E-state index contributed by atoms with van der Waals surface area (Å²) >= 11 is 1.21. The maximum atomic E-state index is 14.2. The Hall–Kier alpha value is -3.90. The molecule has 2 aliphatic rings. The molecule has 2 heterocycles. The third-order valence-corrected chi connectivity index (χ3v) is 9.15. The molecule has 1 aliphatic carbocycles. The molecule has 1 amide bonds. The van der Waals surface area contributed by atoms with E-state index in [1.54, 1.807) is 37.3 Å². The van der Waals surface area contributed by atoms with Crippen LogP contribution in [0.1, 0.15) is 50.8 Å². The fourth-order valence-electron chi connectivity index (χ4n) is 5.88. The number of thiophene rings is 1. The molecule has 0 bridgehead atoms. The Balaban J connectivity index is 1.43. The van der Waals surface area contributed by atoms with Gasteiger partial charge in [0, 0.05) is 35.3 Å². The number of nitrogen functional groups attached to an aromatic ring is 1. The van der Waals surface area contributed by atoms with Gasteiger partial charge < -0.3 is 32.6 Å². The molecule has 1 saturated heterocycles. The number of Topliss-reactive ketones (excluding diaryl/α,β-unsaturated/α-hetero) is 1. The maximum absolute atomic E-state index is 14.2. The lowest BCUT2D eigenvalue weighted by molar-refractivity contribution is -0.124.